The normalized spacial score (nSPS) is 25.5. The second-order valence-electron chi connectivity index (χ2n) is 7.10. The fraction of sp³-hybridized carbons (Fsp3) is 0.579. The minimum absolute atomic E-state index is 0.0409. The van der Waals surface area contributed by atoms with Crippen LogP contribution in [0.1, 0.15) is 12.0 Å². The highest BCUT2D eigenvalue weighted by Crippen LogP contribution is 2.42. The Balaban J connectivity index is 1.45. The van der Waals surface area contributed by atoms with Crippen LogP contribution in [0.15, 0.2) is 24.3 Å². The van der Waals surface area contributed by atoms with Crippen molar-refractivity contribution in [2.45, 2.75) is 12.8 Å². The van der Waals surface area contributed by atoms with Crippen LogP contribution in [0.4, 0.5) is 0 Å². The van der Waals surface area contributed by atoms with Crippen LogP contribution in [-0.2, 0) is 20.7 Å². The Bertz CT molecular complexity index is 648. The molecule has 2 aliphatic rings. The fourth-order valence-electron chi connectivity index (χ4n) is 3.92. The molecule has 7 heteroatoms. The Morgan fingerprint density at radius 2 is 2.15 bits per heavy atom. The number of rotatable bonds is 7. The number of ether oxygens (including phenoxy) is 2. The van der Waals surface area contributed by atoms with Gasteiger partial charge in [0.05, 0.1) is 25.7 Å². The van der Waals surface area contributed by atoms with Gasteiger partial charge in [0.1, 0.15) is 5.75 Å². The number of nitrogens with one attached hydrogen (secondary N) is 1. The van der Waals surface area contributed by atoms with E-state index in [1.54, 1.807) is 7.11 Å². The highest BCUT2D eigenvalue weighted by atomic mass is 16.5. The number of likely N-dealkylation sites (tertiary alicyclic amines) is 1. The molecular formula is C19H26N2O5. The number of carbonyl (C=O) groups is 2. The highest BCUT2D eigenvalue weighted by molar-refractivity contribution is 5.79. The van der Waals surface area contributed by atoms with Crippen molar-refractivity contribution in [3.63, 3.8) is 0 Å². The topological polar surface area (TPSA) is 88.1 Å². The molecule has 2 N–H and O–H groups in total. The molecule has 2 aliphatic heterocycles. The number of amides is 1. The maximum Gasteiger partial charge on any atom is 0.311 e. The molecule has 0 bridgehead atoms. The molecule has 1 amide bonds. The van der Waals surface area contributed by atoms with Gasteiger partial charge in [0.2, 0.25) is 5.91 Å². The van der Waals surface area contributed by atoms with E-state index in [2.05, 4.69) is 5.32 Å². The van der Waals surface area contributed by atoms with Gasteiger partial charge in [-0.25, -0.2) is 0 Å². The summed E-state index contributed by atoms with van der Waals surface area (Å²) >= 11 is 0. The Morgan fingerprint density at radius 1 is 1.38 bits per heavy atom. The van der Waals surface area contributed by atoms with E-state index in [9.17, 15) is 14.7 Å². The summed E-state index contributed by atoms with van der Waals surface area (Å²) in [5, 5.41) is 12.6. The van der Waals surface area contributed by atoms with E-state index in [1.165, 1.54) is 0 Å². The first-order valence-electron chi connectivity index (χ1n) is 8.96. The van der Waals surface area contributed by atoms with Crippen molar-refractivity contribution >= 4 is 11.9 Å². The molecule has 0 aromatic heterocycles. The molecule has 0 saturated carbocycles. The minimum Gasteiger partial charge on any atom is -0.497 e. The van der Waals surface area contributed by atoms with Crippen molar-refractivity contribution in [3.05, 3.63) is 29.8 Å². The van der Waals surface area contributed by atoms with Gasteiger partial charge in [0, 0.05) is 32.2 Å². The number of carboxylic acids is 1. The van der Waals surface area contributed by atoms with Gasteiger partial charge in [-0.05, 0) is 30.5 Å². The van der Waals surface area contributed by atoms with Gasteiger partial charge in [-0.3, -0.25) is 14.5 Å². The average molecular weight is 362 g/mol. The zero-order valence-electron chi connectivity index (χ0n) is 15.1. The number of carboxylic acid groups (broad SMARTS) is 1. The molecule has 0 radical (unpaired) electrons. The first-order chi connectivity index (χ1) is 12.5. The maximum absolute atomic E-state index is 12.2. The number of fused-ring (bicyclic) bond motifs is 1. The van der Waals surface area contributed by atoms with Gasteiger partial charge in [-0.1, -0.05) is 12.1 Å². The van der Waals surface area contributed by atoms with Crippen LogP contribution < -0.4 is 10.1 Å². The molecule has 2 heterocycles. The molecule has 26 heavy (non-hydrogen) atoms. The fourth-order valence-corrected chi connectivity index (χ4v) is 3.92. The average Bonchev–Trinajstić information content (AvgIpc) is 3.01. The molecule has 0 aliphatic carbocycles. The summed E-state index contributed by atoms with van der Waals surface area (Å²) in [6.07, 6.45) is 1.26. The van der Waals surface area contributed by atoms with Gasteiger partial charge in [0.15, 0.2) is 0 Å². The minimum atomic E-state index is -0.770. The van der Waals surface area contributed by atoms with E-state index < -0.39 is 11.4 Å². The third-order valence-corrected chi connectivity index (χ3v) is 5.47. The lowest BCUT2D eigenvalue weighted by atomic mass is 9.74. The van der Waals surface area contributed by atoms with Crippen molar-refractivity contribution in [1.82, 2.24) is 10.2 Å². The van der Waals surface area contributed by atoms with Gasteiger partial charge in [-0.2, -0.15) is 0 Å². The number of benzene rings is 1. The summed E-state index contributed by atoms with van der Waals surface area (Å²) in [6, 6.07) is 7.76. The number of hydrogen-bond donors (Lipinski definition) is 2. The summed E-state index contributed by atoms with van der Waals surface area (Å²) in [4.78, 5) is 25.9. The molecule has 0 spiro atoms. The summed E-state index contributed by atoms with van der Waals surface area (Å²) in [5.74, 6) is -0.0719. The Labute approximate surface area is 153 Å². The monoisotopic (exact) mass is 362 g/mol. The van der Waals surface area contributed by atoms with E-state index in [-0.39, 0.29) is 18.4 Å². The Morgan fingerprint density at radius 3 is 2.81 bits per heavy atom. The van der Waals surface area contributed by atoms with Crippen LogP contribution in [0.5, 0.6) is 5.75 Å². The molecule has 2 fully saturated rings. The van der Waals surface area contributed by atoms with Gasteiger partial charge in [0.25, 0.3) is 0 Å². The SMILES string of the molecule is COc1ccc(CCNC(=O)CN2C[C@@H]3COCC[C@]3(C(=O)O)C2)cc1. The number of carbonyl (C=O) groups excluding carboxylic acids is 1. The number of nitrogens with zero attached hydrogens (tertiary/aromatic N) is 1. The third-order valence-electron chi connectivity index (χ3n) is 5.47. The Hall–Kier alpha value is -2.12. The molecule has 2 atom stereocenters. The molecule has 1 aromatic carbocycles. The van der Waals surface area contributed by atoms with E-state index in [0.29, 0.717) is 39.3 Å². The van der Waals surface area contributed by atoms with Crippen LogP contribution >= 0.6 is 0 Å². The zero-order chi connectivity index (χ0) is 18.6. The molecular weight excluding hydrogens is 336 g/mol. The second-order valence-corrected chi connectivity index (χ2v) is 7.10. The van der Waals surface area contributed by atoms with E-state index in [0.717, 1.165) is 17.7 Å². The second kappa shape index (κ2) is 8.05. The van der Waals surface area contributed by atoms with E-state index in [1.807, 2.05) is 29.2 Å². The summed E-state index contributed by atoms with van der Waals surface area (Å²) in [5.41, 5.74) is 0.363. The first kappa shape index (κ1) is 18.7. The summed E-state index contributed by atoms with van der Waals surface area (Å²) in [6.45, 7) is 2.73. The lowest BCUT2D eigenvalue weighted by Gasteiger charge is -2.34. The zero-order valence-corrected chi connectivity index (χ0v) is 15.1. The van der Waals surface area contributed by atoms with Crippen LogP contribution in [-0.4, -0.2) is 68.4 Å². The van der Waals surface area contributed by atoms with Crippen molar-refractivity contribution in [1.29, 1.82) is 0 Å². The predicted molar refractivity (Wildman–Crippen MR) is 95.1 cm³/mol. The van der Waals surface area contributed by atoms with Crippen molar-refractivity contribution in [3.8, 4) is 5.75 Å². The highest BCUT2D eigenvalue weighted by Gasteiger charge is 2.53. The molecule has 3 rings (SSSR count). The largest absolute Gasteiger partial charge is 0.497 e. The Kier molecular flexibility index (Phi) is 5.78. The molecule has 1 aromatic rings. The lowest BCUT2D eigenvalue weighted by molar-refractivity contribution is -0.157. The summed E-state index contributed by atoms with van der Waals surface area (Å²) in [7, 11) is 1.63. The van der Waals surface area contributed by atoms with Crippen LogP contribution in [0.2, 0.25) is 0 Å². The molecule has 2 saturated heterocycles. The standard InChI is InChI=1S/C19H26N2O5/c1-25-16-4-2-14(3-5-16)6-8-20-17(22)11-21-10-15-12-26-9-7-19(15,13-21)18(23)24/h2-5,15H,6-13H2,1H3,(H,20,22)(H,23,24)/t15-,19+/m1/s1. The predicted octanol–water partition coefficient (Wildman–Crippen LogP) is 0.777. The number of aliphatic carboxylic acids is 1. The van der Waals surface area contributed by atoms with Gasteiger partial charge in [-0.15, -0.1) is 0 Å². The number of methoxy groups -OCH3 is 1. The van der Waals surface area contributed by atoms with Gasteiger partial charge >= 0.3 is 5.97 Å². The molecule has 7 nitrogen and oxygen atoms in total. The van der Waals surface area contributed by atoms with Gasteiger partial charge < -0.3 is 19.9 Å². The number of hydrogen-bond acceptors (Lipinski definition) is 5. The third kappa shape index (κ3) is 3.99. The van der Waals surface area contributed by atoms with Crippen molar-refractivity contribution < 1.29 is 24.2 Å². The van der Waals surface area contributed by atoms with Crippen LogP contribution in [0, 0.1) is 11.3 Å². The van der Waals surface area contributed by atoms with E-state index in [4.69, 9.17) is 9.47 Å². The maximum atomic E-state index is 12.2. The summed E-state index contributed by atoms with van der Waals surface area (Å²) < 4.78 is 10.6. The van der Waals surface area contributed by atoms with E-state index >= 15 is 0 Å². The molecule has 0 unspecified atom stereocenters. The van der Waals surface area contributed by atoms with Crippen LogP contribution in [0.3, 0.4) is 0 Å². The quantitative estimate of drug-likeness (QED) is 0.745. The van der Waals surface area contributed by atoms with Crippen LogP contribution in [0.25, 0.3) is 0 Å². The first-order valence-corrected chi connectivity index (χ1v) is 8.96. The van der Waals surface area contributed by atoms with Crippen molar-refractivity contribution in [2.24, 2.45) is 11.3 Å². The lowest BCUT2D eigenvalue weighted by Crippen LogP contribution is -2.45. The van der Waals surface area contributed by atoms with Crippen molar-refractivity contribution in [2.75, 3.05) is 46.5 Å². The molecule has 142 valence electrons. The smallest absolute Gasteiger partial charge is 0.311 e.